The van der Waals surface area contributed by atoms with Gasteiger partial charge < -0.3 is 16.0 Å². The minimum Gasteiger partial charge on any atom is -0.398 e. The minimum atomic E-state index is 0.584. The third kappa shape index (κ3) is 6.20. The van der Waals surface area contributed by atoms with Crippen molar-refractivity contribution in [3.63, 3.8) is 0 Å². The lowest BCUT2D eigenvalue weighted by Crippen LogP contribution is -2.09. The van der Waals surface area contributed by atoms with Crippen LogP contribution in [-0.2, 0) is 6.42 Å². The maximum Gasteiger partial charge on any atom is 0.111 e. The van der Waals surface area contributed by atoms with Gasteiger partial charge in [-0.1, -0.05) is 73.9 Å². The van der Waals surface area contributed by atoms with Crippen molar-refractivity contribution in [1.82, 2.24) is 20.3 Å². The summed E-state index contributed by atoms with van der Waals surface area (Å²) >= 11 is 0. The molecule has 0 saturated heterocycles. The van der Waals surface area contributed by atoms with Crippen LogP contribution in [0.4, 0.5) is 5.69 Å². The molecule has 5 rings (SSSR count). The van der Waals surface area contributed by atoms with E-state index in [1.807, 2.05) is 61.8 Å². The maximum absolute atomic E-state index is 6.41. The molecular formula is C35H33N5. The monoisotopic (exact) mass is 523 g/mol. The molecule has 0 atom stereocenters. The topological polar surface area (TPSA) is 79.6 Å². The van der Waals surface area contributed by atoms with Gasteiger partial charge in [0, 0.05) is 35.3 Å². The molecule has 1 aliphatic rings. The number of benzene rings is 2. The number of rotatable bonds is 9. The molecule has 40 heavy (non-hydrogen) atoms. The summed E-state index contributed by atoms with van der Waals surface area (Å²) in [4.78, 5) is 12.8. The van der Waals surface area contributed by atoms with Gasteiger partial charge in [-0.15, -0.1) is 12.8 Å². The van der Waals surface area contributed by atoms with Gasteiger partial charge in [0.25, 0.3) is 0 Å². The predicted octanol–water partition coefficient (Wildman–Crippen LogP) is 7.46. The molecule has 0 spiro atoms. The van der Waals surface area contributed by atoms with Crippen LogP contribution in [0.1, 0.15) is 41.4 Å². The molecule has 0 amide bonds. The molecule has 5 heteroatoms. The average Bonchev–Trinajstić information content (AvgIpc) is 3.68. The fourth-order valence-electron chi connectivity index (χ4n) is 4.59. The number of pyridine rings is 1. The smallest absolute Gasteiger partial charge is 0.111 e. The summed E-state index contributed by atoms with van der Waals surface area (Å²) in [6, 6.07) is 16.2. The van der Waals surface area contributed by atoms with Gasteiger partial charge in [0.15, 0.2) is 0 Å². The van der Waals surface area contributed by atoms with Crippen LogP contribution >= 0.6 is 0 Å². The van der Waals surface area contributed by atoms with E-state index in [4.69, 9.17) is 10.7 Å². The van der Waals surface area contributed by atoms with Gasteiger partial charge >= 0.3 is 0 Å². The van der Waals surface area contributed by atoms with Crippen LogP contribution in [0.25, 0.3) is 27.9 Å². The van der Waals surface area contributed by atoms with E-state index in [9.17, 15) is 0 Å². The van der Waals surface area contributed by atoms with Crippen molar-refractivity contribution in [2.24, 2.45) is 0 Å². The molecule has 5 nitrogen and oxygen atoms in total. The first-order valence-electron chi connectivity index (χ1n) is 13.0. The fourth-order valence-corrected chi connectivity index (χ4v) is 4.59. The number of nitrogens with one attached hydrogen (secondary N) is 2. The summed E-state index contributed by atoms with van der Waals surface area (Å²) < 4.78 is 0. The molecule has 0 fully saturated rings. The zero-order chi connectivity index (χ0) is 28.5. The highest BCUT2D eigenvalue weighted by molar-refractivity contribution is 5.92. The molecule has 2 aromatic carbocycles. The molecule has 4 N–H and O–H groups in total. The quantitative estimate of drug-likeness (QED) is 0.121. The number of fused-ring (bicyclic) bond motifs is 1. The summed E-state index contributed by atoms with van der Waals surface area (Å²) in [6.07, 6.45) is 25.6. The van der Waals surface area contributed by atoms with Crippen LogP contribution < -0.4 is 11.1 Å². The molecule has 0 bridgehead atoms. The second kappa shape index (κ2) is 12.9. The number of allylic oxidation sites excluding steroid dienone is 8. The molecule has 0 unspecified atom stereocenters. The Morgan fingerprint density at radius 1 is 1.12 bits per heavy atom. The Bertz CT molecular complexity index is 1680. The molecule has 0 aliphatic heterocycles. The van der Waals surface area contributed by atoms with E-state index in [0.29, 0.717) is 6.42 Å². The van der Waals surface area contributed by atoms with Gasteiger partial charge in [-0.25, -0.2) is 4.98 Å². The lowest BCUT2D eigenvalue weighted by atomic mass is 9.99. The molecule has 2 heterocycles. The second-order valence-corrected chi connectivity index (χ2v) is 9.17. The number of aromatic nitrogens is 3. The number of hydrogen-bond donors (Lipinski definition) is 3. The predicted molar refractivity (Wildman–Crippen MR) is 170 cm³/mol. The number of H-pyrrole nitrogens is 1. The van der Waals surface area contributed by atoms with Crippen molar-refractivity contribution in [2.75, 3.05) is 5.73 Å². The average molecular weight is 524 g/mol. The minimum absolute atomic E-state index is 0.584. The number of nitrogens with zero attached hydrogens (tertiary/aromatic N) is 2. The Kier molecular flexibility index (Phi) is 8.96. The van der Waals surface area contributed by atoms with Gasteiger partial charge in [0.2, 0.25) is 0 Å². The van der Waals surface area contributed by atoms with Crippen LogP contribution in [0.3, 0.4) is 0 Å². The number of imidazole rings is 1. The van der Waals surface area contributed by atoms with Crippen molar-refractivity contribution in [3.05, 3.63) is 144 Å². The number of hydrogen-bond acceptors (Lipinski definition) is 4. The van der Waals surface area contributed by atoms with Crippen LogP contribution in [0.15, 0.2) is 116 Å². The van der Waals surface area contributed by atoms with Gasteiger partial charge in [-0.05, 0) is 65.5 Å². The lowest BCUT2D eigenvalue weighted by Gasteiger charge is -2.13. The van der Waals surface area contributed by atoms with Gasteiger partial charge in [-0.3, -0.25) is 4.98 Å². The highest BCUT2D eigenvalue weighted by Gasteiger charge is 2.14. The maximum atomic E-state index is 6.41. The van der Waals surface area contributed by atoms with Crippen molar-refractivity contribution in [3.8, 4) is 12.8 Å². The lowest BCUT2D eigenvalue weighted by molar-refractivity contribution is 1.04. The summed E-state index contributed by atoms with van der Waals surface area (Å²) in [5.74, 6) is 0.853. The highest BCUT2D eigenvalue weighted by Crippen LogP contribution is 2.29. The number of nitrogens with two attached hydrogens (primary N) is 1. The van der Waals surface area contributed by atoms with E-state index in [2.05, 4.69) is 77.7 Å². The fraction of sp³-hybridized carbons (Fsp3) is 0.0857. The number of aromatic amines is 1. The van der Waals surface area contributed by atoms with E-state index in [-0.39, 0.29) is 0 Å². The van der Waals surface area contributed by atoms with E-state index in [1.165, 1.54) is 0 Å². The van der Waals surface area contributed by atoms with E-state index in [1.54, 1.807) is 6.08 Å². The first kappa shape index (κ1) is 27.7. The summed E-state index contributed by atoms with van der Waals surface area (Å²) in [7, 11) is 0. The second-order valence-electron chi connectivity index (χ2n) is 9.17. The number of anilines is 1. The summed E-state index contributed by atoms with van der Waals surface area (Å²) in [6.45, 7) is 10.2. The van der Waals surface area contributed by atoms with Gasteiger partial charge in [0.1, 0.15) is 5.82 Å². The first-order chi connectivity index (χ1) is 19.6. The third-order valence-electron chi connectivity index (χ3n) is 6.62. The Labute approximate surface area is 236 Å². The van der Waals surface area contributed by atoms with Gasteiger partial charge in [-0.2, -0.15) is 0 Å². The molecule has 198 valence electrons. The SMILES string of the molecule is C#C.C=C/C(=C\C(=C/C)c1ccc(N)c(Cc2nc3c(C4=CCC=C4)cncc3[nH]2)c1)NC(=C)c1ccccc1. The van der Waals surface area contributed by atoms with Crippen molar-refractivity contribution < 1.29 is 0 Å². The molecule has 0 radical (unpaired) electrons. The Hall–Kier alpha value is -5.34. The van der Waals surface area contributed by atoms with E-state index >= 15 is 0 Å². The Morgan fingerprint density at radius 2 is 1.93 bits per heavy atom. The molecule has 0 saturated carbocycles. The Morgan fingerprint density at radius 3 is 2.62 bits per heavy atom. The summed E-state index contributed by atoms with van der Waals surface area (Å²) in [5, 5.41) is 3.38. The van der Waals surface area contributed by atoms with E-state index < -0.39 is 0 Å². The number of terminal acetylenes is 1. The molecule has 2 aromatic heterocycles. The molecule has 1 aliphatic carbocycles. The van der Waals surface area contributed by atoms with Gasteiger partial charge in [0.05, 0.1) is 17.2 Å². The van der Waals surface area contributed by atoms with Crippen LogP contribution in [0.2, 0.25) is 0 Å². The van der Waals surface area contributed by atoms with Crippen molar-refractivity contribution in [1.29, 1.82) is 0 Å². The van der Waals surface area contributed by atoms with Crippen LogP contribution in [0, 0.1) is 12.8 Å². The van der Waals surface area contributed by atoms with Crippen LogP contribution in [0.5, 0.6) is 0 Å². The van der Waals surface area contributed by atoms with Crippen molar-refractivity contribution >= 4 is 33.6 Å². The Balaban J connectivity index is 0.00000181. The zero-order valence-corrected chi connectivity index (χ0v) is 22.7. The normalized spacial score (nSPS) is 12.9. The standard InChI is InChI=1S/C33H31N5.C2H2/c1-4-23(18-28(5-2)36-22(3)24-11-7-6-8-12-24)26-15-16-30(34)27(17-26)19-32-37-31-21-35-20-29(33(31)38-32)25-13-9-10-14-25;1-2/h4-9,11-18,20-21,36H,2-3,10,19,34H2,1H3,(H,37,38);1-2H/b23-4+,28-18+;. The third-order valence-corrected chi connectivity index (χ3v) is 6.62. The molecular weight excluding hydrogens is 490 g/mol. The molecule has 4 aromatic rings. The number of nitrogen functional groups attached to an aromatic ring is 1. The summed E-state index contributed by atoms with van der Waals surface area (Å²) in [5.41, 5.74) is 17.0. The van der Waals surface area contributed by atoms with E-state index in [0.717, 1.165) is 73.8 Å². The zero-order valence-electron chi connectivity index (χ0n) is 22.7. The first-order valence-corrected chi connectivity index (χ1v) is 13.0. The highest BCUT2D eigenvalue weighted by atomic mass is 14.9. The van der Waals surface area contributed by atoms with Crippen LogP contribution in [-0.4, -0.2) is 15.0 Å². The largest absolute Gasteiger partial charge is 0.398 e. The van der Waals surface area contributed by atoms with Crippen molar-refractivity contribution in [2.45, 2.75) is 19.8 Å².